The number of benzene rings is 2. The summed E-state index contributed by atoms with van der Waals surface area (Å²) in [5.74, 6) is 1.08. The number of pyridine rings is 1. The lowest BCUT2D eigenvalue weighted by Gasteiger charge is -2.08. The van der Waals surface area contributed by atoms with Crippen LogP contribution >= 0.6 is 0 Å². The molecule has 0 fully saturated rings. The van der Waals surface area contributed by atoms with E-state index in [0.717, 1.165) is 24.4 Å². The molecule has 0 atom stereocenters. The van der Waals surface area contributed by atoms with Crippen LogP contribution in [0.5, 0.6) is 0 Å². The van der Waals surface area contributed by atoms with Crippen molar-refractivity contribution in [3.8, 4) is 0 Å². The van der Waals surface area contributed by atoms with Crippen LogP contribution in [0.3, 0.4) is 0 Å². The van der Waals surface area contributed by atoms with E-state index in [2.05, 4.69) is 70.1 Å². The molecule has 120 valence electrons. The van der Waals surface area contributed by atoms with E-state index >= 15 is 0 Å². The maximum absolute atomic E-state index is 4.85. The monoisotopic (exact) mass is 427 g/mol. The van der Waals surface area contributed by atoms with E-state index in [-0.39, 0.29) is 24.0 Å². The number of imidazole rings is 1. The molecule has 0 saturated heterocycles. The third kappa shape index (κ3) is 3.48. The van der Waals surface area contributed by atoms with Gasteiger partial charge in [0.2, 0.25) is 6.54 Å². The second kappa shape index (κ2) is 7.57. The van der Waals surface area contributed by atoms with Gasteiger partial charge in [0, 0.05) is 18.7 Å². The van der Waals surface area contributed by atoms with Crippen molar-refractivity contribution in [2.75, 3.05) is 0 Å². The number of hydrogen-bond acceptors (Lipinski definition) is 1. The highest BCUT2D eigenvalue weighted by Gasteiger charge is 2.14. The Morgan fingerprint density at radius 3 is 2.25 bits per heavy atom. The van der Waals surface area contributed by atoms with Crippen LogP contribution in [0.4, 0.5) is 0 Å². The van der Waals surface area contributed by atoms with E-state index in [9.17, 15) is 0 Å². The molecule has 0 bridgehead atoms. The molecular weight excluding hydrogens is 409 g/mol. The molecule has 0 spiro atoms. The smallest absolute Gasteiger partial charge is 0.206 e. The number of nitrogens with zero attached hydrogens (tertiary/aromatic N) is 3. The summed E-state index contributed by atoms with van der Waals surface area (Å²) in [6.07, 6.45) is 4.15. The molecule has 4 rings (SSSR count). The van der Waals surface area contributed by atoms with E-state index in [1.54, 1.807) is 0 Å². The molecule has 0 aliphatic rings. The molecule has 24 heavy (non-hydrogen) atoms. The van der Waals surface area contributed by atoms with E-state index in [1.165, 1.54) is 11.1 Å². The van der Waals surface area contributed by atoms with Gasteiger partial charge in [-0.05, 0) is 17.7 Å². The lowest BCUT2D eigenvalue weighted by molar-refractivity contribution is -0.689. The maximum Gasteiger partial charge on any atom is 0.206 e. The second-order valence-electron chi connectivity index (χ2n) is 5.64. The Morgan fingerprint density at radius 2 is 1.46 bits per heavy atom. The first-order chi connectivity index (χ1) is 11.4. The van der Waals surface area contributed by atoms with Crippen molar-refractivity contribution in [2.45, 2.75) is 13.1 Å². The first-order valence-corrected chi connectivity index (χ1v) is 7.82. The Balaban J connectivity index is 0.00000169. The third-order valence-corrected chi connectivity index (χ3v) is 4.02. The molecular formula is C20H18IN3. The largest absolute Gasteiger partial charge is 1.00 e. The van der Waals surface area contributed by atoms with Crippen molar-refractivity contribution in [3.05, 3.63) is 96.6 Å². The van der Waals surface area contributed by atoms with Crippen LogP contribution in [0.15, 0.2) is 85.2 Å². The first kappa shape index (κ1) is 16.6. The third-order valence-electron chi connectivity index (χ3n) is 4.02. The van der Waals surface area contributed by atoms with Gasteiger partial charge in [0.1, 0.15) is 0 Å². The summed E-state index contributed by atoms with van der Waals surface area (Å²) < 4.78 is 4.47. The van der Waals surface area contributed by atoms with Gasteiger partial charge in [-0.15, -0.1) is 0 Å². The first-order valence-electron chi connectivity index (χ1n) is 7.82. The molecule has 2 aromatic carbocycles. The van der Waals surface area contributed by atoms with Gasteiger partial charge >= 0.3 is 0 Å². The number of aromatic nitrogens is 3. The molecule has 0 radical (unpaired) electrons. The standard InChI is InChI=1S/C20H18N3.HI/c1-3-9-17(10-4-1)15-23-19-12-6-5-11-18(19)21-20(23)16-22-13-7-2-8-14-22;/h1-14H,15-16H2;1H/q+1;/p-1. The topological polar surface area (TPSA) is 21.7 Å². The zero-order valence-corrected chi connectivity index (χ0v) is 15.4. The van der Waals surface area contributed by atoms with Crippen LogP contribution in [0.25, 0.3) is 11.0 Å². The molecule has 2 heterocycles. The predicted molar refractivity (Wildman–Crippen MR) is 91.0 cm³/mol. The van der Waals surface area contributed by atoms with Crippen molar-refractivity contribution in [1.29, 1.82) is 0 Å². The number of fused-ring (bicyclic) bond motifs is 1. The van der Waals surface area contributed by atoms with Gasteiger partial charge < -0.3 is 28.5 Å². The predicted octanol–water partition coefficient (Wildman–Crippen LogP) is 0.424. The average molecular weight is 427 g/mol. The molecule has 3 nitrogen and oxygen atoms in total. The summed E-state index contributed by atoms with van der Waals surface area (Å²) in [5, 5.41) is 0. The molecule has 4 aromatic rings. The lowest BCUT2D eigenvalue weighted by atomic mass is 10.2. The quantitative estimate of drug-likeness (QED) is 0.342. The van der Waals surface area contributed by atoms with Crippen molar-refractivity contribution < 1.29 is 28.5 Å². The van der Waals surface area contributed by atoms with Crippen molar-refractivity contribution in [3.63, 3.8) is 0 Å². The van der Waals surface area contributed by atoms with Gasteiger partial charge in [-0.3, -0.25) is 0 Å². The highest BCUT2D eigenvalue weighted by molar-refractivity contribution is 5.76. The Morgan fingerprint density at radius 1 is 0.792 bits per heavy atom. The van der Waals surface area contributed by atoms with Crippen molar-refractivity contribution >= 4 is 11.0 Å². The highest BCUT2D eigenvalue weighted by atomic mass is 127. The summed E-state index contributed by atoms with van der Waals surface area (Å²) in [6.45, 7) is 1.60. The van der Waals surface area contributed by atoms with E-state index < -0.39 is 0 Å². The fourth-order valence-corrected chi connectivity index (χ4v) is 2.89. The summed E-state index contributed by atoms with van der Waals surface area (Å²) in [4.78, 5) is 4.85. The second-order valence-corrected chi connectivity index (χ2v) is 5.64. The molecule has 0 aliphatic carbocycles. The number of hydrogen-bond donors (Lipinski definition) is 0. The van der Waals surface area contributed by atoms with Crippen LogP contribution in [0.2, 0.25) is 0 Å². The van der Waals surface area contributed by atoms with E-state index in [1.807, 2.05) is 24.3 Å². The van der Waals surface area contributed by atoms with Crippen LogP contribution in [-0.4, -0.2) is 9.55 Å². The number of rotatable bonds is 4. The highest BCUT2D eigenvalue weighted by Crippen LogP contribution is 2.18. The molecule has 0 aliphatic heterocycles. The summed E-state index contributed by atoms with van der Waals surface area (Å²) >= 11 is 0. The fraction of sp³-hybridized carbons (Fsp3) is 0.100. The van der Waals surface area contributed by atoms with E-state index in [4.69, 9.17) is 4.98 Å². The minimum Gasteiger partial charge on any atom is -1.00 e. The van der Waals surface area contributed by atoms with Crippen molar-refractivity contribution in [2.24, 2.45) is 0 Å². The normalized spacial score (nSPS) is 10.5. The molecule has 0 N–H and O–H groups in total. The summed E-state index contributed by atoms with van der Waals surface area (Å²) in [6, 6.07) is 25.0. The lowest BCUT2D eigenvalue weighted by Crippen LogP contribution is -3.00. The van der Waals surface area contributed by atoms with E-state index in [0.29, 0.717) is 0 Å². The van der Waals surface area contributed by atoms with Gasteiger partial charge in [-0.2, -0.15) is 4.57 Å². The van der Waals surface area contributed by atoms with Crippen molar-refractivity contribution in [1.82, 2.24) is 9.55 Å². The average Bonchev–Trinajstić information content (AvgIpc) is 2.94. The van der Waals surface area contributed by atoms with Gasteiger partial charge in [0.15, 0.2) is 18.2 Å². The van der Waals surface area contributed by atoms with Crippen LogP contribution in [0, 0.1) is 0 Å². The van der Waals surface area contributed by atoms with Crippen LogP contribution in [-0.2, 0) is 13.1 Å². The minimum absolute atomic E-state index is 0. The Bertz CT molecular complexity index is 917. The van der Waals surface area contributed by atoms with Gasteiger partial charge in [-0.25, -0.2) is 4.98 Å². The van der Waals surface area contributed by atoms with Crippen LogP contribution in [0.1, 0.15) is 11.4 Å². The van der Waals surface area contributed by atoms with Gasteiger partial charge in [0.25, 0.3) is 0 Å². The molecule has 0 saturated carbocycles. The van der Waals surface area contributed by atoms with Gasteiger partial charge in [-0.1, -0.05) is 48.5 Å². The molecule has 2 aromatic heterocycles. The zero-order valence-electron chi connectivity index (χ0n) is 13.2. The maximum atomic E-state index is 4.85. The fourth-order valence-electron chi connectivity index (χ4n) is 2.89. The summed E-state index contributed by atoms with van der Waals surface area (Å²) in [7, 11) is 0. The zero-order chi connectivity index (χ0) is 15.5. The Kier molecular flexibility index (Phi) is 5.25. The Hall–Kier alpha value is -2.21. The SMILES string of the molecule is [I-].c1ccc(Cn2c(C[n+]3ccccc3)nc3ccccc32)cc1. The summed E-state index contributed by atoms with van der Waals surface area (Å²) in [5.41, 5.74) is 3.52. The molecule has 4 heteroatoms. The number of para-hydroxylation sites is 2. The Labute approximate surface area is 158 Å². The molecule has 0 unspecified atom stereocenters. The minimum atomic E-state index is 0. The number of halogens is 1. The van der Waals surface area contributed by atoms with Crippen LogP contribution < -0.4 is 28.5 Å². The van der Waals surface area contributed by atoms with Gasteiger partial charge in [0.05, 0.1) is 11.0 Å². The molecule has 0 amide bonds.